The highest BCUT2D eigenvalue weighted by Gasteiger charge is 2.27. The standard InChI is InChI=1S/C12H15BrFNO4S/c1-8(12(16)19-3)7-15(2)20(17,18)11-5-4-9(13)6-10(11)14/h4-6,8H,7H2,1-3H3. The molecule has 5 nitrogen and oxygen atoms in total. The van der Waals surface area contributed by atoms with Crippen molar-refractivity contribution in [2.45, 2.75) is 11.8 Å². The molecule has 0 aliphatic rings. The summed E-state index contributed by atoms with van der Waals surface area (Å²) in [6.45, 7) is 1.44. The highest BCUT2D eigenvalue weighted by Crippen LogP contribution is 2.22. The Hall–Kier alpha value is -0.990. The summed E-state index contributed by atoms with van der Waals surface area (Å²) in [4.78, 5) is 10.9. The highest BCUT2D eigenvalue weighted by molar-refractivity contribution is 9.10. The van der Waals surface area contributed by atoms with Gasteiger partial charge in [-0.05, 0) is 18.2 Å². The van der Waals surface area contributed by atoms with E-state index in [0.717, 1.165) is 10.4 Å². The third-order valence-electron chi connectivity index (χ3n) is 2.72. The maximum Gasteiger partial charge on any atom is 0.309 e. The molecule has 1 aromatic rings. The maximum absolute atomic E-state index is 13.7. The summed E-state index contributed by atoms with van der Waals surface area (Å²) in [6.07, 6.45) is 0. The van der Waals surface area contributed by atoms with Crippen LogP contribution in [-0.4, -0.2) is 39.4 Å². The second-order valence-electron chi connectivity index (χ2n) is 4.28. The van der Waals surface area contributed by atoms with Crippen LogP contribution in [0.2, 0.25) is 0 Å². The summed E-state index contributed by atoms with van der Waals surface area (Å²) in [7, 11) is -1.48. The van der Waals surface area contributed by atoms with Crippen LogP contribution in [0.15, 0.2) is 27.6 Å². The molecule has 20 heavy (non-hydrogen) atoms. The lowest BCUT2D eigenvalue weighted by Gasteiger charge is -2.20. The Morgan fingerprint density at radius 3 is 2.60 bits per heavy atom. The molecule has 0 heterocycles. The number of nitrogens with zero attached hydrogens (tertiary/aromatic N) is 1. The van der Waals surface area contributed by atoms with Gasteiger partial charge in [-0.3, -0.25) is 4.79 Å². The van der Waals surface area contributed by atoms with Crippen molar-refractivity contribution in [1.82, 2.24) is 4.31 Å². The molecule has 112 valence electrons. The van der Waals surface area contributed by atoms with E-state index in [1.54, 1.807) is 0 Å². The van der Waals surface area contributed by atoms with E-state index in [-0.39, 0.29) is 6.54 Å². The van der Waals surface area contributed by atoms with Crippen LogP contribution in [0.25, 0.3) is 0 Å². The fraction of sp³-hybridized carbons (Fsp3) is 0.417. The van der Waals surface area contributed by atoms with Gasteiger partial charge in [-0.15, -0.1) is 0 Å². The van der Waals surface area contributed by atoms with Crippen molar-refractivity contribution >= 4 is 31.9 Å². The number of carbonyl (C=O) groups excluding carboxylic acids is 1. The molecule has 1 aromatic carbocycles. The van der Waals surface area contributed by atoms with Gasteiger partial charge in [0.1, 0.15) is 10.7 Å². The molecule has 0 radical (unpaired) electrons. The van der Waals surface area contributed by atoms with E-state index in [2.05, 4.69) is 20.7 Å². The smallest absolute Gasteiger partial charge is 0.309 e. The zero-order valence-electron chi connectivity index (χ0n) is 11.3. The van der Waals surface area contributed by atoms with Crippen LogP contribution in [-0.2, 0) is 19.6 Å². The average Bonchev–Trinajstić information content (AvgIpc) is 2.36. The second-order valence-corrected chi connectivity index (χ2v) is 7.21. The predicted molar refractivity (Wildman–Crippen MR) is 75.1 cm³/mol. The Morgan fingerprint density at radius 2 is 2.10 bits per heavy atom. The number of ether oxygens (including phenoxy) is 1. The van der Waals surface area contributed by atoms with Gasteiger partial charge in [-0.1, -0.05) is 22.9 Å². The summed E-state index contributed by atoms with van der Waals surface area (Å²) in [6, 6.07) is 3.69. The molecular weight excluding hydrogens is 353 g/mol. The minimum atomic E-state index is -3.99. The summed E-state index contributed by atoms with van der Waals surface area (Å²) in [5, 5.41) is 0. The lowest BCUT2D eigenvalue weighted by Crippen LogP contribution is -2.34. The largest absolute Gasteiger partial charge is 0.469 e. The Morgan fingerprint density at radius 1 is 1.50 bits per heavy atom. The lowest BCUT2D eigenvalue weighted by atomic mass is 10.2. The SMILES string of the molecule is COC(=O)C(C)CN(C)S(=O)(=O)c1ccc(Br)cc1F. The number of hydrogen-bond donors (Lipinski definition) is 0. The van der Waals surface area contributed by atoms with Gasteiger partial charge in [0.2, 0.25) is 10.0 Å². The molecule has 1 unspecified atom stereocenters. The molecular formula is C12H15BrFNO4S. The van der Waals surface area contributed by atoms with Crippen molar-refractivity contribution in [2.24, 2.45) is 5.92 Å². The number of rotatable bonds is 5. The summed E-state index contributed by atoms with van der Waals surface area (Å²) in [5.74, 6) is -2.02. The molecule has 0 bridgehead atoms. The van der Waals surface area contributed by atoms with Crippen molar-refractivity contribution < 1.29 is 22.3 Å². The lowest BCUT2D eigenvalue weighted by molar-refractivity contribution is -0.144. The number of carbonyl (C=O) groups is 1. The van der Waals surface area contributed by atoms with Crippen LogP contribution in [0, 0.1) is 11.7 Å². The van der Waals surface area contributed by atoms with Crippen LogP contribution >= 0.6 is 15.9 Å². The average molecular weight is 368 g/mol. The molecule has 0 amide bonds. The normalized spacial score (nSPS) is 13.3. The fourth-order valence-electron chi connectivity index (χ4n) is 1.61. The van der Waals surface area contributed by atoms with E-state index in [1.165, 1.54) is 33.2 Å². The van der Waals surface area contributed by atoms with Gasteiger partial charge in [0.25, 0.3) is 0 Å². The number of hydrogen-bond acceptors (Lipinski definition) is 4. The molecule has 0 aromatic heterocycles. The van der Waals surface area contributed by atoms with E-state index in [4.69, 9.17) is 0 Å². The second kappa shape index (κ2) is 6.64. The molecule has 0 aliphatic heterocycles. The van der Waals surface area contributed by atoms with Crippen LogP contribution in [0.4, 0.5) is 4.39 Å². The highest BCUT2D eigenvalue weighted by atomic mass is 79.9. The van der Waals surface area contributed by atoms with Crippen LogP contribution in [0.3, 0.4) is 0 Å². The maximum atomic E-state index is 13.7. The van der Waals surface area contributed by atoms with Gasteiger partial charge in [-0.25, -0.2) is 12.8 Å². The quantitative estimate of drug-likeness (QED) is 0.746. The Bertz CT molecular complexity index is 605. The fourth-order valence-corrected chi connectivity index (χ4v) is 3.25. The number of halogens is 2. The Balaban J connectivity index is 3.01. The number of esters is 1. The van der Waals surface area contributed by atoms with Gasteiger partial charge < -0.3 is 4.74 Å². The van der Waals surface area contributed by atoms with E-state index >= 15 is 0 Å². The van der Waals surface area contributed by atoms with Gasteiger partial charge in [0.15, 0.2) is 0 Å². The first-order valence-corrected chi connectivity index (χ1v) is 7.92. The molecule has 0 aliphatic carbocycles. The van der Waals surface area contributed by atoms with Gasteiger partial charge in [0.05, 0.1) is 13.0 Å². The van der Waals surface area contributed by atoms with Crippen molar-refractivity contribution in [2.75, 3.05) is 20.7 Å². The third kappa shape index (κ3) is 3.77. The predicted octanol–water partition coefficient (Wildman–Crippen LogP) is 2.02. The van der Waals surface area contributed by atoms with Crippen LogP contribution < -0.4 is 0 Å². The topological polar surface area (TPSA) is 63.7 Å². The first-order valence-electron chi connectivity index (χ1n) is 5.69. The van der Waals surface area contributed by atoms with E-state index in [1.807, 2.05) is 0 Å². The van der Waals surface area contributed by atoms with Crippen molar-refractivity contribution in [3.8, 4) is 0 Å². The third-order valence-corrected chi connectivity index (χ3v) is 5.07. The number of benzene rings is 1. The molecule has 8 heteroatoms. The molecule has 1 rings (SSSR count). The van der Waals surface area contributed by atoms with Crippen LogP contribution in [0.1, 0.15) is 6.92 Å². The zero-order valence-corrected chi connectivity index (χ0v) is 13.7. The summed E-state index contributed by atoms with van der Waals surface area (Å²) < 4.78 is 44.1. The molecule has 1 atom stereocenters. The van der Waals surface area contributed by atoms with E-state index in [0.29, 0.717) is 4.47 Å². The summed E-state index contributed by atoms with van der Waals surface area (Å²) >= 11 is 3.06. The van der Waals surface area contributed by atoms with E-state index in [9.17, 15) is 17.6 Å². The van der Waals surface area contributed by atoms with Crippen molar-refractivity contribution in [1.29, 1.82) is 0 Å². The molecule has 0 saturated carbocycles. The minimum absolute atomic E-state index is 0.0927. The van der Waals surface area contributed by atoms with Crippen LogP contribution in [0.5, 0.6) is 0 Å². The first-order chi connectivity index (χ1) is 9.20. The Labute approximate surface area is 125 Å². The number of methoxy groups -OCH3 is 1. The summed E-state index contributed by atoms with van der Waals surface area (Å²) in [5.41, 5.74) is 0. The molecule has 0 spiro atoms. The minimum Gasteiger partial charge on any atom is -0.469 e. The van der Waals surface area contributed by atoms with Gasteiger partial charge >= 0.3 is 5.97 Å². The van der Waals surface area contributed by atoms with Crippen molar-refractivity contribution in [3.05, 3.63) is 28.5 Å². The Kier molecular flexibility index (Phi) is 5.67. The molecule has 0 fully saturated rings. The number of sulfonamides is 1. The monoisotopic (exact) mass is 367 g/mol. The van der Waals surface area contributed by atoms with Gasteiger partial charge in [-0.2, -0.15) is 4.31 Å². The van der Waals surface area contributed by atoms with E-state index < -0.39 is 32.6 Å². The first kappa shape index (κ1) is 17.1. The van der Waals surface area contributed by atoms with Gasteiger partial charge in [0, 0.05) is 18.1 Å². The van der Waals surface area contributed by atoms with Crippen molar-refractivity contribution in [3.63, 3.8) is 0 Å². The zero-order chi connectivity index (χ0) is 15.5. The molecule has 0 saturated heterocycles. The molecule has 0 N–H and O–H groups in total.